The minimum absolute atomic E-state index is 0.0675. The van der Waals surface area contributed by atoms with E-state index in [0.717, 1.165) is 57.3 Å². The molecule has 1 aliphatic heterocycles. The third-order valence-electron chi connectivity index (χ3n) is 4.88. The van der Waals surface area contributed by atoms with Crippen LogP contribution in [0.2, 0.25) is 10.0 Å². The molecule has 3 nitrogen and oxygen atoms in total. The molecule has 0 N–H and O–H groups in total. The highest BCUT2D eigenvalue weighted by molar-refractivity contribution is 6.42. The highest BCUT2D eigenvalue weighted by Crippen LogP contribution is 2.31. The first-order valence-corrected chi connectivity index (χ1v) is 9.37. The van der Waals surface area contributed by atoms with Crippen LogP contribution in [0.15, 0.2) is 18.2 Å². The normalized spacial score (nSPS) is 17.6. The summed E-state index contributed by atoms with van der Waals surface area (Å²) in [5.74, 6) is 0.0334. The monoisotopic (exact) mass is 367 g/mol. The van der Waals surface area contributed by atoms with Crippen molar-refractivity contribution in [1.82, 2.24) is 4.90 Å². The molecule has 1 aromatic carbocycles. The van der Waals surface area contributed by atoms with Crippen molar-refractivity contribution in [2.75, 3.05) is 13.1 Å². The van der Waals surface area contributed by atoms with E-state index in [4.69, 9.17) is 31.3 Å². The molecular weight excluding hydrogens is 344 g/mol. The van der Waals surface area contributed by atoms with E-state index in [1.165, 1.54) is 0 Å². The number of carbonyl (C=O) groups is 1. The first kappa shape index (κ1) is 19.6. The zero-order chi connectivity index (χ0) is 17.5. The summed E-state index contributed by atoms with van der Waals surface area (Å²) in [6.07, 6.45) is 4.95. The van der Waals surface area contributed by atoms with E-state index < -0.39 is 0 Å². The molecule has 2 radical (unpaired) electrons. The summed E-state index contributed by atoms with van der Waals surface area (Å²) in [6.45, 7) is 4.91. The Hall–Kier alpha value is -0.705. The van der Waals surface area contributed by atoms with Gasteiger partial charge in [-0.15, -0.1) is 0 Å². The summed E-state index contributed by atoms with van der Waals surface area (Å²) in [5.41, 5.74) is 1.16. The summed E-state index contributed by atoms with van der Waals surface area (Å²) in [6, 6.07) is 5.77. The molecule has 0 spiro atoms. The fraction of sp³-hybridized carbons (Fsp3) is 0.611. The van der Waals surface area contributed by atoms with E-state index in [0.29, 0.717) is 16.0 Å². The summed E-state index contributed by atoms with van der Waals surface area (Å²) in [4.78, 5) is 14.4. The van der Waals surface area contributed by atoms with E-state index in [1.807, 2.05) is 18.2 Å². The third-order valence-corrected chi connectivity index (χ3v) is 5.62. The number of likely N-dealkylation sites (tertiary alicyclic amines) is 1. The molecule has 130 valence electrons. The lowest BCUT2D eigenvalue weighted by Crippen LogP contribution is -2.38. The molecule has 1 aromatic rings. The Morgan fingerprint density at radius 3 is 2.62 bits per heavy atom. The van der Waals surface area contributed by atoms with E-state index in [1.54, 1.807) is 0 Å². The Bertz CT molecular complexity index is 548. The molecule has 1 heterocycles. The van der Waals surface area contributed by atoms with Crippen LogP contribution >= 0.6 is 23.2 Å². The van der Waals surface area contributed by atoms with Gasteiger partial charge in [-0.2, -0.15) is 0 Å². The van der Waals surface area contributed by atoms with E-state index in [9.17, 15) is 4.79 Å². The van der Waals surface area contributed by atoms with E-state index in [-0.39, 0.29) is 11.9 Å². The van der Waals surface area contributed by atoms with E-state index in [2.05, 4.69) is 16.5 Å². The molecule has 24 heavy (non-hydrogen) atoms. The van der Waals surface area contributed by atoms with E-state index >= 15 is 0 Å². The molecule has 6 heteroatoms. The van der Waals surface area contributed by atoms with Gasteiger partial charge in [0.15, 0.2) is 0 Å². The number of nitrogens with zero attached hydrogens (tertiary/aromatic N) is 1. The molecule has 0 aliphatic carbocycles. The quantitative estimate of drug-likeness (QED) is 0.657. The Kier molecular flexibility index (Phi) is 7.92. The Labute approximate surface area is 156 Å². The van der Waals surface area contributed by atoms with Gasteiger partial charge in [-0.1, -0.05) is 49.0 Å². The largest absolute Gasteiger partial charge is 0.543 e. The summed E-state index contributed by atoms with van der Waals surface area (Å²) >= 11 is 12.0. The average molecular weight is 368 g/mol. The van der Waals surface area contributed by atoms with Gasteiger partial charge >= 0.3 is 8.05 Å². The van der Waals surface area contributed by atoms with Crippen molar-refractivity contribution in [3.05, 3.63) is 33.8 Å². The van der Waals surface area contributed by atoms with Gasteiger partial charge in [-0.25, -0.2) is 0 Å². The van der Waals surface area contributed by atoms with Crippen LogP contribution in [0.1, 0.15) is 44.6 Å². The SMILES string of the molecule is [B]OC(=O)C(CCCC)C1CCN(Cc2ccc(Cl)c(Cl)c2)CC1. The van der Waals surface area contributed by atoms with Crippen LogP contribution < -0.4 is 0 Å². The maximum atomic E-state index is 12.0. The first-order chi connectivity index (χ1) is 11.5. The number of unbranched alkanes of at least 4 members (excludes halogenated alkanes) is 1. The fourth-order valence-electron chi connectivity index (χ4n) is 3.47. The number of hydrogen-bond acceptors (Lipinski definition) is 3. The predicted molar refractivity (Wildman–Crippen MR) is 99.3 cm³/mol. The standard InChI is InChI=1S/C18H24BCl2NO2/c1-2-3-4-15(18(23)24-19)14-7-9-22(10-8-14)12-13-5-6-16(20)17(21)11-13/h5-6,11,14-15H,2-4,7-10,12H2,1H3. The predicted octanol–water partition coefficient (Wildman–Crippen LogP) is 4.64. The molecule has 1 atom stereocenters. The molecule has 1 unspecified atom stereocenters. The van der Waals surface area contributed by atoms with Gasteiger partial charge in [-0.3, -0.25) is 9.69 Å². The van der Waals surface area contributed by atoms with Crippen LogP contribution in [0.25, 0.3) is 0 Å². The molecule has 1 fully saturated rings. The average Bonchev–Trinajstić information content (AvgIpc) is 2.59. The minimum atomic E-state index is -0.258. The zero-order valence-electron chi connectivity index (χ0n) is 14.1. The van der Waals surface area contributed by atoms with Gasteiger partial charge in [0, 0.05) is 6.54 Å². The molecule has 2 rings (SSSR count). The molecule has 0 aromatic heterocycles. The fourth-order valence-corrected chi connectivity index (χ4v) is 3.79. The lowest BCUT2D eigenvalue weighted by atomic mass is 9.81. The van der Waals surface area contributed by atoms with Gasteiger partial charge in [0.2, 0.25) is 0 Å². The van der Waals surface area contributed by atoms with Crippen molar-refractivity contribution in [3.8, 4) is 0 Å². The Balaban J connectivity index is 1.89. The van der Waals surface area contributed by atoms with Gasteiger partial charge in [0.25, 0.3) is 5.97 Å². The number of halogens is 2. The van der Waals surface area contributed by atoms with Gasteiger partial charge in [-0.05, 0) is 56.0 Å². The third kappa shape index (κ3) is 5.40. The second kappa shape index (κ2) is 9.69. The molecule has 0 saturated carbocycles. The van der Waals surface area contributed by atoms with Crippen molar-refractivity contribution >= 4 is 37.2 Å². The maximum Gasteiger partial charge on any atom is 0.378 e. The van der Waals surface area contributed by atoms with Crippen LogP contribution in [0, 0.1) is 11.8 Å². The molecule has 1 saturated heterocycles. The second-order valence-electron chi connectivity index (χ2n) is 6.55. The Morgan fingerprint density at radius 1 is 1.33 bits per heavy atom. The van der Waals surface area contributed by atoms with Gasteiger partial charge in [0.1, 0.15) is 0 Å². The lowest BCUT2D eigenvalue weighted by Gasteiger charge is -2.35. The van der Waals surface area contributed by atoms with Crippen molar-refractivity contribution in [2.24, 2.45) is 11.8 Å². The van der Waals surface area contributed by atoms with Crippen molar-refractivity contribution in [1.29, 1.82) is 0 Å². The maximum absolute atomic E-state index is 12.0. The number of hydrogen-bond donors (Lipinski definition) is 0. The molecular formula is C18H24BCl2NO2. The number of carbonyl (C=O) groups excluding carboxylic acids is 1. The zero-order valence-corrected chi connectivity index (χ0v) is 15.7. The lowest BCUT2D eigenvalue weighted by molar-refractivity contribution is -0.141. The summed E-state index contributed by atoms with van der Waals surface area (Å²) in [7, 11) is 5.12. The van der Waals surface area contributed by atoms with Crippen LogP contribution in [-0.2, 0) is 16.0 Å². The highest BCUT2D eigenvalue weighted by atomic mass is 35.5. The van der Waals surface area contributed by atoms with Crippen LogP contribution in [0.4, 0.5) is 0 Å². The number of benzene rings is 1. The molecule has 0 amide bonds. The topological polar surface area (TPSA) is 29.5 Å². The summed E-state index contributed by atoms with van der Waals surface area (Å²) < 4.78 is 4.53. The number of rotatable bonds is 7. The van der Waals surface area contributed by atoms with Crippen LogP contribution in [0.5, 0.6) is 0 Å². The minimum Gasteiger partial charge on any atom is -0.543 e. The van der Waals surface area contributed by atoms with Crippen molar-refractivity contribution in [3.63, 3.8) is 0 Å². The Morgan fingerprint density at radius 2 is 2.04 bits per heavy atom. The summed E-state index contributed by atoms with van der Waals surface area (Å²) in [5, 5.41) is 1.17. The number of piperidine rings is 1. The molecule has 1 aliphatic rings. The smallest absolute Gasteiger partial charge is 0.378 e. The van der Waals surface area contributed by atoms with Crippen LogP contribution in [0.3, 0.4) is 0 Å². The molecule has 0 bridgehead atoms. The van der Waals surface area contributed by atoms with Gasteiger partial charge in [0.05, 0.1) is 16.0 Å². The first-order valence-electron chi connectivity index (χ1n) is 8.62. The highest BCUT2D eigenvalue weighted by Gasteiger charge is 2.31. The van der Waals surface area contributed by atoms with Crippen molar-refractivity contribution < 1.29 is 9.45 Å². The van der Waals surface area contributed by atoms with Crippen LogP contribution in [-0.4, -0.2) is 32.0 Å². The van der Waals surface area contributed by atoms with Gasteiger partial charge < -0.3 is 4.65 Å². The van der Waals surface area contributed by atoms with Crippen molar-refractivity contribution in [2.45, 2.75) is 45.6 Å². The second-order valence-corrected chi connectivity index (χ2v) is 7.36.